The van der Waals surface area contributed by atoms with Gasteiger partial charge in [-0.05, 0) is 40.5 Å². The van der Waals surface area contributed by atoms with Gasteiger partial charge in [-0.15, -0.1) is 0 Å². The normalized spacial score (nSPS) is 11.9. The van der Waals surface area contributed by atoms with Gasteiger partial charge in [0.15, 0.2) is 0 Å². The van der Waals surface area contributed by atoms with Crippen molar-refractivity contribution in [2.75, 3.05) is 13.2 Å². The van der Waals surface area contributed by atoms with Gasteiger partial charge in [0, 0.05) is 11.5 Å². The number of carbonyl (C=O) groups is 1. The molecular formula is C26H19N3O3. The molecule has 6 heteroatoms. The van der Waals surface area contributed by atoms with E-state index in [9.17, 15) is 9.59 Å². The lowest BCUT2D eigenvalue weighted by atomic mass is 9.98. The molecule has 0 saturated heterocycles. The predicted octanol–water partition coefficient (Wildman–Crippen LogP) is 3.81. The molecule has 0 fully saturated rings. The van der Waals surface area contributed by atoms with Crippen molar-refractivity contribution in [3.8, 4) is 23.0 Å². The van der Waals surface area contributed by atoms with Crippen LogP contribution in [0.25, 0.3) is 22.0 Å². The maximum absolute atomic E-state index is 12.2. The second-order valence-electron chi connectivity index (χ2n) is 7.44. The first kappa shape index (κ1) is 19.6. The molecule has 32 heavy (non-hydrogen) atoms. The lowest BCUT2D eigenvalue weighted by molar-refractivity contribution is 0.144. The molecule has 0 saturated carbocycles. The first-order valence-electron chi connectivity index (χ1n) is 10.3. The average molecular weight is 421 g/mol. The zero-order chi connectivity index (χ0) is 21.9. The molecule has 4 aromatic rings. The Balaban J connectivity index is 1.20. The summed E-state index contributed by atoms with van der Waals surface area (Å²) in [5, 5.41) is 3.13. The average Bonchev–Trinajstić information content (AvgIpc) is 3.15. The number of H-pyrrole nitrogens is 1. The third-order valence-electron chi connectivity index (χ3n) is 5.54. The van der Waals surface area contributed by atoms with E-state index in [-0.39, 0.29) is 24.6 Å². The lowest BCUT2D eigenvalue weighted by Crippen LogP contribution is -2.26. The smallest absolute Gasteiger partial charge is 0.407 e. The third-order valence-corrected chi connectivity index (χ3v) is 5.54. The molecule has 1 aliphatic carbocycles. The van der Waals surface area contributed by atoms with Crippen LogP contribution in [0.1, 0.15) is 22.6 Å². The Bertz CT molecular complexity index is 1400. The van der Waals surface area contributed by atoms with E-state index in [1.165, 1.54) is 28.6 Å². The van der Waals surface area contributed by atoms with E-state index in [2.05, 4.69) is 51.4 Å². The Kier molecular flexibility index (Phi) is 5.14. The second-order valence-corrected chi connectivity index (χ2v) is 7.44. The van der Waals surface area contributed by atoms with Crippen LogP contribution in [-0.2, 0) is 4.74 Å². The third kappa shape index (κ3) is 3.72. The number of alkyl carbamates (subject to hydrolysis) is 1. The van der Waals surface area contributed by atoms with Crippen LogP contribution in [0.3, 0.4) is 0 Å². The molecular weight excluding hydrogens is 402 g/mol. The molecule has 0 radical (unpaired) electrons. The molecule has 6 nitrogen and oxygen atoms in total. The maximum Gasteiger partial charge on any atom is 0.407 e. The molecule has 1 amide bonds. The first-order chi connectivity index (χ1) is 15.7. The Labute approximate surface area is 184 Å². The fourth-order valence-electron chi connectivity index (χ4n) is 4.06. The summed E-state index contributed by atoms with van der Waals surface area (Å²) in [6.07, 6.45) is 0.856. The topological polar surface area (TPSA) is 84.1 Å². The number of ether oxygens (including phenoxy) is 1. The van der Waals surface area contributed by atoms with Gasteiger partial charge in [-0.3, -0.25) is 4.79 Å². The molecule has 0 spiro atoms. The van der Waals surface area contributed by atoms with Gasteiger partial charge < -0.3 is 15.0 Å². The maximum atomic E-state index is 12.2. The van der Waals surface area contributed by atoms with Crippen molar-refractivity contribution >= 4 is 17.0 Å². The van der Waals surface area contributed by atoms with E-state index in [0.717, 1.165) is 0 Å². The summed E-state index contributed by atoms with van der Waals surface area (Å²) >= 11 is 0. The molecule has 1 heterocycles. The van der Waals surface area contributed by atoms with Crippen LogP contribution in [-0.4, -0.2) is 29.2 Å². The highest BCUT2D eigenvalue weighted by Gasteiger charge is 2.28. The van der Waals surface area contributed by atoms with Crippen molar-refractivity contribution < 1.29 is 9.53 Å². The van der Waals surface area contributed by atoms with Crippen molar-refractivity contribution in [1.82, 2.24) is 15.3 Å². The zero-order valence-corrected chi connectivity index (χ0v) is 17.1. The molecule has 0 aliphatic heterocycles. The van der Waals surface area contributed by atoms with Crippen LogP contribution in [0, 0.1) is 11.8 Å². The number of hydrogen-bond acceptors (Lipinski definition) is 4. The van der Waals surface area contributed by atoms with E-state index >= 15 is 0 Å². The highest BCUT2D eigenvalue weighted by Crippen LogP contribution is 2.44. The van der Waals surface area contributed by atoms with Crippen molar-refractivity contribution in [3.63, 3.8) is 0 Å². The molecule has 0 atom stereocenters. The number of benzene rings is 3. The summed E-state index contributed by atoms with van der Waals surface area (Å²) in [5.41, 5.74) is 5.78. The molecule has 1 aromatic heterocycles. The first-order valence-corrected chi connectivity index (χ1v) is 10.3. The largest absolute Gasteiger partial charge is 0.449 e. The highest BCUT2D eigenvalue weighted by atomic mass is 16.5. The number of carbonyl (C=O) groups excluding carboxylic acids is 1. The van der Waals surface area contributed by atoms with E-state index in [1.807, 2.05) is 24.3 Å². The number of nitrogens with one attached hydrogen (secondary N) is 2. The molecule has 3 aromatic carbocycles. The summed E-state index contributed by atoms with van der Waals surface area (Å²) in [4.78, 5) is 30.7. The van der Waals surface area contributed by atoms with Gasteiger partial charge in [-0.25, -0.2) is 9.78 Å². The van der Waals surface area contributed by atoms with Crippen molar-refractivity contribution in [2.24, 2.45) is 0 Å². The summed E-state index contributed by atoms with van der Waals surface area (Å²) in [6, 6.07) is 21.6. The molecule has 1 aliphatic rings. The quantitative estimate of drug-likeness (QED) is 0.493. The van der Waals surface area contributed by atoms with Crippen molar-refractivity contribution in [3.05, 3.63) is 100 Å². The van der Waals surface area contributed by atoms with Gasteiger partial charge in [0.1, 0.15) is 6.61 Å². The van der Waals surface area contributed by atoms with Crippen LogP contribution in [0.5, 0.6) is 0 Å². The van der Waals surface area contributed by atoms with Crippen LogP contribution >= 0.6 is 0 Å². The summed E-state index contributed by atoms with van der Waals surface area (Å²) in [5.74, 6) is 5.84. The second kappa shape index (κ2) is 8.40. The SMILES string of the molecule is O=C(NCC#Cc1ccc2nc[nH]c(=O)c2c1)OCC1c2ccccc2-c2ccccc21. The Morgan fingerprint density at radius 2 is 1.75 bits per heavy atom. The van der Waals surface area contributed by atoms with Crippen LogP contribution in [0.2, 0.25) is 0 Å². The minimum Gasteiger partial charge on any atom is -0.449 e. The van der Waals surface area contributed by atoms with Crippen LogP contribution in [0.15, 0.2) is 77.9 Å². The van der Waals surface area contributed by atoms with E-state index in [1.54, 1.807) is 18.2 Å². The fourth-order valence-corrected chi connectivity index (χ4v) is 4.06. The lowest BCUT2D eigenvalue weighted by Gasteiger charge is -2.14. The molecule has 0 unspecified atom stereocenters. The molecule has 5 rings (SSSR count). The van der Waals surface area contributed by atoms with Gasteiger partial charge in [-0.1, -0.05) is 60.4 Å². The number of aromatic nitrogens is 2. The van der Waals surface area contributed by atoms with Gasteiger partial charge in [0.2, 0.25) is 0 Å². The van der Waals surface area contributed by atoms with Gasteiger partial charge >= 0.3 is 6.09 Å². The minimum absolute atomic E-state index is 0.0172. The van der Waals surface area contributed by atoms with Crippen molar-refractivity contribution in [2.45, 2.75) is 5.92 Å². The monoisotopic (exact) mass is 421 g/mol. The predicted molar refractivity (Wildman–Crippen MR) is 122 cm³/mol. The van der Waals surface area contributed by atoms with Crippen LogP contribution in [0.4, 0.5) is 4.79 Å². The van der Waals surface area contributed by atoms with Crippen molar-refractivity contribution in [1.29, 1.82) is 0 Å². The number of aromatic amines is 1. The van der Waals surface area contributed by atoms with E-state index in [4.69, 9.17) is 4.74 Å². The summed E-state index contributed by atoms with van der Waals surface area (Å²) in [6.45, 7) is 0.395. The number of rotatable bonds is 3. The van der Waals surface area contributed by atoms with E-state index in [0.29, 0.717) is 16.5 Å². The minimum atomic E-state index is -0.514. The van der Waals surface area contributed by atoms with E-state index < -0.39 is 6.09 Å². The number of hydrogen-bond donors (Lipinski definition) is 2. The fraction of sp³-hybridized carbons (Fsp3) is 0.115. The summed E-state index contributed by atoms with van der Waals surface area (Å²) in [7, 11) is 0. The molecule has 156 valence electrons. The Morgan fingerprint density at radius 1 is 1.03 bits per heavy atom. The van der Waals surface area contributed by atoms with Gasteiger partial charge in [0.05, 0.1) is 23.8 Å². The number of nitrogens with zero attached hydrogens (tertiary/aromatic N) is 1. The summed E-state index contributed by atoms with van der Waals surface area (Å²) < 4.78 is 5.49. The zero-order valence-electron chi connectivity index (χ0n) is 17.1. The standard InChI is InChI=1S/C26H19N3O3/c30-25-22-14-17(11-12-24(22)28-16-29-25)6-5-13-27-26(31)32-15-23-20-9-3-1-7-18(20)19-8-2-4-10-21(19)23/h1-4,7-12,14,16,23H,13,15H2,(H,27,31)(H,28,29,30). The van der Waals surface area contributed by atoms with Gasteiger partial charge in [-0.2, -0.15) is 0 Å². The molecule has 0 bridgehead atoms. The highest BCUT2D eigenvalue weighted by molar-refractivity contribution is 5.80. The number of fused-ring (bicyclic) bond motifs is 4. The Morgan fingerprint density at radius 3 is 2.50 bits per heavy atom. The Hall–Kier alpha value is -4.37. The van der Waals surface area contributed by atoms with Crippen LogP contribution < -0.4 is 10.9 Å². The molecule has 2 N–H and O–H groups in total. The number of amides is 1. The van der Waals surface area contributed by atoms with Gasteiger partial charge in [0.25, 0.3) is 5.56 Å².